The Balaban J connectivity index is 1.35. The van der Waals surface area contributed by atoms with Crippen LogP contribution in [0.5, 0.6) is 0 Å². The third kappa shape index (κ3) is 7.84. The van der Waals surface area contributed by atoms with E-state index < -0.39 is 24.2 Å². The van der Waals surface area contributed by atoms with E-state index in [4.69, 9.17) is 0 Å². The fourth-order valence-electron chi connectivity index (χ4n) is 6.68. The van der Waals surface area contributed by atoms with E-state index in [2.05, 4.69) is 212 Å². The Morgan fingerprint density at radius 2 is 0.646 bits per heavy atom. The summed E-state index contributed by atoms with van der Waals surface area (Å²) in [6, 6.07) is 68.6. The van der Waals surface area contributed by atoms with Crippen LogP contribution in [0.25, 0.3) is 0 Å². The van der Waals surface area contributed by atoms with Crippen molar-refractivity contribution in [1.82, 2.24) is 7.32 Å². The Bertz CT molecular complexity index is 1620. The van der Waals surface area contributed by atoms with Crippen LogP contribution >= 0.6 is 47.1 Å². The van der Waals surface area contributed by atoms with Crippen molar-refractivity contribution in [3.63, 3.8) is 0 Å². The molecule has 0 radical (unpaired) electrons. The molecule has 0 aromatic heterocycles. The van der Waals surface area contributed by atoms with Gasteiger partial charge < -0.3 is 0 Å². The van der Waals surface area contributed by atoms with Crippen LogP contribution in [0.2, 0.25) is 0 Å². The smallest absolute Gasteiger partial charge is 0.0377 e. The molecule has 0 bridgehead atoms. The third-order valence-electron chi connectivity index (χ3n) is 8.85. The van der Waals surface area contributed by atoms with Gasteiger partial charge in [-0.2, -0.15) is 0 Å². The largest absolute Gasteiger partial charge is 0.242 e. The highest BCUT2D eigenvalue weighted by Gasteiger charge is 2.41. The van der Waals surface area contributed by atoms with E-state index in [1.807, 2.05) is 0 Å². The molecule has 2 unspecified atom stereocenters. The standard InChI is InChI=1S/C42H40IN2P3/c43-44(46(37-22-7-1-8-23-37)38-24-9-2-10-25-38)35-20-19-21-36(34-35)45(47(39-26-11-3-12-27-39)40-28-13-4-14-29-40)48(41-30-15-5-16-31-41)42-32-17-6-18-33-42/h1-18,22-33,35-36H,19-21,34H2. The molecule has 0 spiro atoms. The lowest BCUT2D eigenvalue weighted by Gasteiger charge is -2.48. The lowest BCUT2D eigenvalue weighted by molar-refractivity contribution is 0.284. The minimum absolute atomic E-state index is 0.419. The molecule has 240 valence electrons. The Labute approximate surface area is 304 Å². The van der Waals surface area contributed by atoms with Crippen molar-refractivity contribution in [3.05, 3.63) is 182 Å². The molecule has 0 amide bonds. The van der Waals surface area contributed by atoms with Crippen molar-refractivity contribution < 1.29 is 0 Å². The van der Waals surface area contributed by atoms with Gasteiger partial charge in [-0.05, 0) is 51.1 Å². The van der Waals surface area contributed by atoms with Crippen LogP contribution in [-0.2, 0) is 0 Å². The second-order valence-corrected chi connectivity index (χ2v) is 20.4. The minimum Gasteiger partial charge on any atom is -0.242 e. The Morgan fingerprint density at radius 1 is 0.375 bits per heavy atom. The molecule has 2 atom stereocenters. The average Bonchev–Trinajstić information content (AvgIpc) is 3.17. The van der Waals surface area contributed by atoms with Crippen molar-refractivity contribution in [1.29, 1.82) is 0 Å². The molecule has 0 N–H and O–H groups in total. The molecule has 1 saturated carbocycles. The Hall–Kier alpha value is -2.74. The maximum atomic E-state index is 3.02. The van der Waals surface area contributed by atoms with Crippen molar-refractivity contribution in [2.75, 3.05) is 0 Å². The van der Waals surface area contributed by atoms with Crippen molar-refractivity contribution >= 4 is 78.9 Å². The number of rotatable bonds is 11. The van der Waals surface area contributed by atoms with Crippen molar-refractivity contribution in [2.45, 2.75) is 37.8 Å². The molecular formula is C42H40IN2P3. The zero-order valence-electron chi connectivity index (χ0n) is 26.9. The van der Waals surface area contributed by atoms with Crippen LogP contribution in [0.15, 0.2) is 182 Å². The zero-order valence-corrected chi connectivity index (χ0v) is 31.8. The molecule has 6 aromatic carbocycles. The van der Waals surface area contributed by atoms with E-state index in [9.17, 15) is 0 Å². The molecule has 1 aliphatic carbocycles. The molecule has 1 aliphatic rings. The van der Waals surface area contributed by atoms with Gasteiger partial charge >= 0.3 is 0 Å². The van der Waals surface area contributed by atoms with Gasteiger partial charge in [0.1, 0.15) is 0 Å². The van der Waals surface area contributed by atoms with Crippen LogP contribution in [0.1, 0.15) is 25.7 Å². The van der Waals surface area contributed by atoms with Gasteiger partial charge in [-0.25, -0.2) is 7.32 Å². The highest BCUT2D eigenvalue weighted by molar-refractivity contribution is 14.1. The van der Waals surface area contributed by atoms with E-state index in [0.717, 1.165) is 6.42 Å². The molecule has 6 aromatic rings. The van der Waals surface area contributed by atoms with Crippen LogP contribution in [-0.4, -0.2) is 19.4 Å². The summed E-state index contributed by atoms with van der Waals surface area (Å²) in [6.45, 7) is 0. The van der Waals surface area contributed by atoms with Gasteiger partial charge in [-0.1, -0.05) is 188 Å². The van der Waals surface area contributed by atoms with Crippen LogP contribution in [0, 0.1) is 0 Å². The molecule has 0 saturated heterocycles. The number of benzene rings is 6. The molecule has 48 heavy (non-hydrogen) atoms. The van der Waals surface area contributed by atoms with Crippen molar-refractivity contribution in [2.24, 2.45) is 0 Å². The van der Waals surface area contributed by atoms with Crippen LogP contribution in [0.4, 0.5) is 0 Å². The molecular weight excluding hydrogens is 752 g/mol. The highest BCUT2D eigenvalue weighted by Crippen LogP contribution is 2.58. The van der Waals surface area contributed by atoms with E-state index in [-0.39, 0.29) is 0 Å². The first-order valence-electron chi connectivity index (χ1n) is 16.7. The minimum atomic E-state index is -0.819. The molecule has 7 rings (SSSR count). The number of hydrogen-bond acceptors (Lipinski definition) is 2. The number of hydrogen-bond donors (Lipinski definition) is 0. The first kappa shape index (κ1) is 33.7. The molecule has 0 aliphatic heterocycles. The lowest BCUT2D eigenvalue weighted by atomic mass is 9.92. The topological polar surface area (TPSA) is 6.48 Å². The lowest BCUT2D eigenvalue weighted by Crippen LogP contribution is -2.44. The van der Waals surface area contributed by atoms with Gasteiger partial charge in [0.15, 0.2) is 0 Å². The van der Waals surface area contributed by atoms with E-state index >= 15 is 0 Å². The monoisotopic (exact) mass is 792 g/mol. The van der Waals surface area contributed by atoms with Gasteiger partial charge in [-0.15, -0.1) is 0 Å². The maximum absolute atomic E-state index is 3.02. The first-order valence-corrected chi connectivity index (χ1v) is 21.6. The SMILES string of the molecule is IN(C1CCCC(N(P(c2ccccc2)c2ccccc2)P(c2ccccc2)c2ccccc2)C1)P(c1ccccc1)c1ccccc1. The molecule has 0 heterocycles. The van der Waals surface area contributed by atoms with Gasteiger partial charge in [-0.3, -0.25) is 0 Å². The summed E-state index contributed by atoms with van der Waals surface area (Å²) >= 11 is 2.70. The summed E-state index contributed by atoms with van der Waals surface area (Å²) in [4.78, 5) is 0. The summed E-state index contributed by atoms with van der Waals surface area (Å²) in [6.07, 6.45) is 4.78. The van der Waals surface area contributed by atoms with Gasteiger partial charge in [0.2, 0.25) is 0 Å². The number of halogens is 1. The van der Waals surface area contributed by atoms with E-state index in [0.29, 0.717) is 12.1 Å². The quantitative estimate of drug-likeness (QED) is 0.0734. The predicted octanol–water partition coefficient (Wildman–Crippen LogP) is 9.40. The second kappa shape index (κ2) is 16.8. The molecule has 6 heteroatoms. The number of nitrogens with zero attached hydrogens (tertiary/aromatic N) is 2. The highest BCUT2D eigenvalue weighted by atomic mass is 127. The van der Waals surface area contributed by atoms with E-state index in [1.165, 1.54) is 51.1 Å². The zero-order chi connectivity index (χ0) is 32.5. The van der Waals surface area contributed by atoms with Crippen LogP contribution in [0.3, 0.4) is 0 Å². The molecule has 1 fully saturated rings. The summed E-state index contributed by atoms with van der Waals surface area (Å²) in [5, 5.41) is 8.51. The Kier molecular flexibility index (Phi) is 11.8. The average molecular weight is 793 g/mol. The van der Waals surface area contributed by atoms with Crippen LogP contribution < -0.4 is 31.8 Å². The summed E-state index contributed by atoms with van der Waals surface area (Å²) < 4.78 is 5.74. The third-order valence-corrected chi connectivity index (χ3v) is 18.9. The normalized spacial score (nSPS) is 16.6. The summed E-state index contributed by atoms with van der Waals surface area (Å²) in [5.74, 6) is 0. The fraction of sp³-hybridized carbons (Fsp3) is 0.143. The maximum Gasteiger partial charge on any atom is 0.0377 e. The Morgan fingerprint density at radius 3 is 0.958 bits per heavy atom. The van der Waals surface area contributed by atoms with Gasteiger partial charge in [0.25, 0.3) is 0 Å². The first-order chi connectivity index (χ1) is 23.8. The van der Waals surface area contributed by atoms with Gasteiger partial charge in [0.05, 0.1) is 0 Å². The second-order valence-electron chi connectivity index (χ2n) is 12.0. The predicted molar refractivity (Wildman–Crippen MR) is 221 cm³/mol. The molecule has 2 nitrogen and oxygen atoms in total. The fourth-order valence-corrected chi connectivity index (χ4v) is 17.3. The summed E-state index contributed by atoms with van der Waals surface area (Å²) in [5.41, 5.74) is 0. The van der Waals surface area contributed by atoms with E-state index in [1.54, 1.807) is 0 Å². The summed E-state index contributed by atoms with van der Waals surface area (Å²) in [7, 11) is -2.30. The van der Waals surface area contributed by atoms with Gasteiger partial charge in [0, 0.05) is 59.2 Å². The van der Waals surface area contributed by atoms with Crippen molar-refractivity contribution in [3.8, 4) is 0 Å².